The summed E-state index contributed by atoms with van der Waals surface area (Å²) in [4.78, 5) is 10.9. The number of carbonyl (C=O) groups excluding carboxylic acids is 1. The molecule has 0 aromatic carbocycles. The Balaban J connectivity index is 2.51. The second-order valence-electron chi connectivity index (χ2n) is 4.47. The summed E-state index contributed by atoms with van der Waals surface area (Å²) in [5, 5.41) is 9.81. The quantitative estimate of drug-likeness (QED) is 0.730. The Morgan fingerprint density at radius 3 is 2.80 bits per heavy atom. The third-order valence-corrected chi connectivity index (χ3v) is 3.15. The summed E-state index contributed by atoms with van der Waals surface area (Å²) >= 11 is 0. The first-order valence-electron chi connectivity index (χ1n) is 6.00. The van der Waals surface area contributed by atoms with Crippen molar-refractivity contribution < 1.29 is 14.6 Å². The second kappa shape index (κ2) is 6.11. The van der Waals surface area contributed by atoms with Gasteiger partial charge >= 0.3 is 5.97 Å². The van der Waals surface area contributed by atoms with E-state index in [0.29, 0.717) is 5.92 Å². The molecular weight excluding hydrogens is 192 g/mol. The lowest BCUT2D eigenvalue weighted by Gasteiger charge is -2.34. The van der Waals surface area contributed by atoms with Crippen LogP contribution < -0.4 is 0 Å². The van der Waals surface area contributed by atoms with Crippen molar-refractivity contribution in [2.24, 2.45) is 5.92 Å². The first-order chi connectivity index (χ1) is 7.15. The fraction of sp³-hybridized carbons (Fsp3) is 0.917. The molecule has 1 aliphatic rings. The van der Waals surface area contributed by atoms with Crippen molar-refractivity contribution in [3.63, 3.8) is 0 Å². The van der Waals surface area contributed by atoms with Crippen LogP contribution in [0.15, 0.2) is 0 Å². The number of carbonyl (C=O) groups is 1. The van der Waals surface area contributed by atoms with Crippen LogP contribution in [0.3, 0.4) is 0 Å². The van der Waals surface area contributed by atoms with Crippen LogP contribution in [-0.2, 0) is 9.53 Å². The number of ether oxygens (including phenoxy) is 1. The van der Waals surface area contributed by atoms with Gasteiger partial charge in [-0.2, -0.15) is 0 Å². The Bertz CT molecular complexity index is 203. The molecule has 0 amide bonds. The van der Waals surface area contributed by atoms with E-state index in [1.54, 1.807) is 0 Å². The Morgan fingerprint density at radius 1 is 1.47 bits per heavy atom. The van der Waals surface area contributed by atoms with Gasteiger partial charge in [0.1, 0.15) is 6.10 Å². The summed E-state index contributed by atoms with van der Waals surface area (Å²) in [5.41, 5.74) is 0. The summed E-state index contributed by atoms with van der Waals surface area (Å²) in [6.07, 6.45) is 5.54. The first kappa shape index (κ1) is 12.5. The Morgan fingerprint density at radius 2 is 2.20 bits per heavy atom. The smallest absolute Gasteiger partial charge is 0.303 e. The van der Waals surface area contributed by atoms with E-state index in [1.807, 2.05) is 0 Å². The standard InChI is InChI=1S/C12H22O3/c1-3-4-6-10-7-5-8-11(14)12(10)15-9(2)13/h10-12,14H,3-8H2,1-2H3/t10-,11-,12+/m0/s1. The van der Waals surface area contributed by atoms with Crippen molar-refractivity contribution >= 4 is 5.97 Å². The van der Waals surface area contributed by atoms with Gasteiger partial charge in [0.15, 0.2) is 0 Å². The third kappa shape index (κ3) is 3.82. The van der Waals surface area contributed by atoms with Crippen LogP contribution in [0.4, 0.5) is 0 Å². The van der Waals surface area contributed by atoms with E-state index in [2.05, 4.69) is 6.92 Å². The van der Waals surface area contributed by atoms with Crippen LogP contribution in [0.2, 0.25) is 0 Å². The highest BCUT2D eigenvalue weighted by Gasteiger charge is 2.33. The van der Waals surface area contributed by atoms with E-state index in [1.165, 1.54) is 6.92 Å². The molecule has 0 radical (unpaired) electrons. The van der Waals surface area contributed by atoms with Crippen molar-refractivity contribution in [2.75, 3.05) is 0 Å². The molecule has 0 bridgehead atoms. The van der Waals surface area contributed by atoms with E-state index in [9.17, 15) is 9.90 Å². The van der Waals surface area contributed by atoms with Crippen LogP contribution in [-0.4, -0.2) is 23.3 Å². The van der Waals surface area contributed by atoms with Crippen molar-refractivity contribution in [2.45, 2.75) is 64.6 Å². The van der Waals surface area contributed by atoms with E-state index < -0.39 is 6.10 Å². The summed E-state index contributed by atoms with van der Waals surface area (Å²) in [6, 6.07) is 0. The number of hydrogen-bond donors (Lipinski definition) is 1. The van der Waals surface area contributed by atoms with Crippen LogP contribution >= 0.6 is 0 Å². The average molecular weight is 214 g/mol. The maximum atomic E-state index is 10.9. The zero-order valence-electron chi connectivity index (χ0n) is 9.74. The minimum atomic E-state index is -0.454. The van der Waals surface area contributed by atoms with Crippen LogP contribution in [0.25, 0.3) is 0 Å². The Hall–Kier alpha value is -0.570. The summed E-state index contributed by atoms with van der Waals surface area (Å²) in [5.74, 6) is 0.0834. The van der Waals surface area contributed by atoms with Gasteiger partial charge in [0, 0.05) is 6.92 Å². The number of esters is 1. The summed E-state index contributed by atoms with van der Waals surface area (Å²) in [7, 11) is 0. The van der Waals surface area contributed by atoms with E-state index >= 15 is 0 Å². The topological polar surface area (TPSA) is 46.5 Å². The monoisotopic (exact) mass is 214 g/mol. The molecular formula is C12H22O3. The number of unbranched alkanes of at least 4 members (excludes halogenated alkanes) is 1. The lowest BCUT2D eigenvalue weighted by Crippen LogP contribution is -2.40. The molecule has 3 atom stereocenters. The number of aliphatic hydroxyl groups is 1. The third-order valence-electron chi connectivity index (χ3n) is 3.15. The van der Waals surface area contributed by atoms with Gasteiger partial charge in [0.2, 0.25) is 0 Å². The Kier molecular flexibility index (Phi) is 5.09. The molecule has 0 saturated heterocycles. The molecule has 1 fully saturated rings. The molecule has 0 aromatic rings. The minimum absolute atomic E-state index is 0.261. The lowest BCUT2D eigenvalue weighted by atomic mass is 9.81. The zero-order chi connectivity index (χ0) is 11.3. The molecule has 1 saturated carbocycles. The normalized spacial score (nSPS) is 31.3. The van der Waals surface area contributed by atoms with Gasteiger partial charge in [-0.15, -0.1) is 0 Å². The summed E-state index contributed by atoms with van der Waals surface area (Å²) in [6.45, 7) is 3.57. The highest BCUT2D eigenvalue weighted by atomic mass is 16.6. The molecule has 0 heterocycles. The number of rotatable bonds is 4. The van der Waals surface area contributed by atoms with Gasteiger partial charge in [0.05, 0.1) is 6.10 Å². The number of aliphatic hydroxyl groups excluding tert-OH is 1. The van der Waals surface area contributed by atoms with E-state index in [0.717, 1.165) is 38.5 Å². The van der Waals surface area contributed by atoms with Gasteiger partial charge in [-0.05, 0) is 25.2 Å². The Labute approximate surface area is 91.8 Å². The molecule has 1 N–H and O–H groups in total. The highest BCUT2D eigenvalue weighted by Crippen LogP contribution is 2.31. The van der Waals surface area contributed by atoms with Crippen molar-refractivity contribution in [1.29, 1.82) is 0 Å². The molecule has 3 nitrogen and oxygen atoms in total. The molecule has 0 aromatic heterocycles. The van der Waals surface area contributed by atoms with Gasteiger partial charge in [-0.3, -0.25) is 4.79 Å². The molecule has 3 heteroatoms. The van der Waals surface area contributed by atoms with Crippen molar-refractivity contribution in [3.8, 4) is 0 Å². The van der Waals surface area contributed by atoms with Crippen LogP contribution in [0.5, 0.6) is 0 Å². The van der Waals surface area contributed by atoms with Gasteiger partial charge in [-0.25, -0.2) is 0 Å². The van der Waals surface area contributed by atoms with Crippen molar-refractivity contribution in [3.05, 3.63) is 0 Å². The van der Waals surface area contributed by atoms with Gasteiger partial charge in [0.25, 0.3) is 0 Å². The summed E-state index contributed by atoms with van der Waals surface area (Å²) < 4.78 is 5.22. The molecule has 1 aliphatic carbocycles. The second-order valence-corrected chi connectivity index (χ2v) is 4.47. The molecule has 1 rings (SSSR count). The largest absolute Gasteiger partial charge is 0.460 e. The number of hydrogen-bond acceptors (Lipinski definition) is 3. The predicted molar refractivity (Wildman–Crippen MR) is 58.4 cm³/mol. The zero-order valence-corrected chi connectivity index (χ0v) is 9.74. The maximum absolute atomic E-state index is 10.9. The van der Waals surface area contributed by atoms with Gasteiger partial charge < -0.3 is 9.84 Å². The van der Waals surface area contributed by atoms with Crippen LogP contribution in [0.1, 0.15) is 52.4 Å². The molecule has 0 unspecified atom stereocenters. The fourth-order valence-corrected chi connectivity index (χ4v) is 2.37. The molecule has 0 spiro atoms. The van der Waals surface area contributed by atoms with E-state index in [-0.39, 0.29) is 12.1 Å². The fourth-order valence-electron chi connectivity index (χ4n) is 2.37. The first-order valence-corrected chi connectivity index (χ1v) is 6.00. The van der Waals surface area contributed by atoms with Crippen LogP contribution in [0, 0.1) is 5.92 Å². The van der Waals surface area contributed by atoms with Crippen molar-refractivity contribution in [1.82, 2.24) is 0 Å². The van der Waals surface area contributed by atoms with E-state index in [4.69, 9.17) is 4.74 Å². The molecule has 88 valence electrons. The lowest BCUT2D eigenvalue weighted by molar-refractivity contribution is -0.160. The predicted octanol–water partition coefficient (Wildman–Crippen LogP) is 2.27. The highest BCUT2D eigenvalue weighted by molar-refractivity contribution is 5.66. The average Bonchev–Trinajstić information content (AvgIpc) is 2.18. The SMILES string of the molecule is CCCC[C@H]1CCC[C@H](O)[C@@H]1OC(C)=O. The van der Waals surface area contributed by atoms with Gasteiger partial charge in [-0.1, -0.05) is 26.2 Å². The molecule has 0 aliphatic heterocycles. The molecule has 15 heavy (non-hydrogen) atoms. The minimum Gasteiger partial charge on any atom is -0.460 e. The maximum Gasteiger partial charge on any atom is 0.303 e.